The number of pyridine rings is 2. The standard InChI is InChI=1S/C24H20N4O2/c1-30-21-7-4-17-14-18-10-13-28(23(18)27-22(17)15-21)20-5-2-16(3-6-20)24(29)26-19-8-11-25-12-9-19/h2-9,11-12,14-15H,10,13H2,1H3,(H,25,26,29). The quantitative estimate of drug-likeness (QED) is 0.547. The number of methoxy groups -OCH3 is 1. The van der Waals surface area contributed by atoms with Crippen molar-refractivity contribution in [1.29, 1.82) is 0 Å². The number of amides is 1. The van der Waals surface area contributed by atoms with Gasteiger partial charge in [0.2, 0.25) is 0 Å². The minimum absolute atomic E-state index is 0.147. The van der Waals surface area contributed by atoms with Gasteiger partial charge in [0.05, 0.1) is 12.6 Å². The Hall–Kier alpha value is -3.93. The minimum atomic E-state index is -0.147. The molecule has 0 bridgehead atoms. The highest BCUT2D eigenvalue weighted by Gasteiger charge is 2.23. The van der Waals surface area contributed by atoms with Crippen molar-refractivity contribution < 1.29 is 9.53 Å². The fourth-order valence-corrected chi connectivity index (χ4v) is 3.75. The van der Waals surface area contributed by atoms with Gasteiger partial charge in [-0.2, -0.15) is 0 Å². The summed E-state index contributed by atoms with van der Waals surface area (Å²) in [6.45, 7) is 0.859. The van der Waals surface area contributed by atoms with Crippen molar-refractivity contribution >= 4 is 34.0 Å². The molecule has 0 saturated heterocycles. The van der Waals surface area contributed by atoms with Crippen molar-refractivity contribution in [3.05, 3.63) is 84.2 Å². The summed E-state index contributed by atoms with van der Waals surface area (Å²) in [6, 6.07) is 19.3. The van der Waals surface area contributed by atoms with E-state index in [1.807, 2.05) is 42.5 Å². The van der Waals surface area contributed by atoms with E-state index >= 15 is 0 Å². The molecule has 6 nitrogen and oxygen atoms in total. The Balaban J connectivity index is 1.41. The van der Waals surface area contributed by atoms with Crippen molar-refractivity contribution in [3.63, 3.8) is 0 Å². The summed E-state index contributed by atoms with van der Waals surface area (Å²) in [5, 5.41) is 3.99. The Kier molecular flexibility index (Phi) is 4.52. The first-order valence-electron chi connectivity index (χ1n) is 9.78. The lowest BCUT2D eigenvalue weighted by Gasteiger charge is -2.19. The summed E-state index contributed by atoms with van der Waals surface area (Å²) in [4.78, 5) is 23.5. The number of benzene rings is 2. The number of hydrogen-bond acceptors (Lipinski definition) is 5. The maximum absolute atomic E-state index is 12.5. The minimum Gasteiger partial charge on any atom is -0.497 e. The Labute approximate surface area is 174 Å². The maximum atomic E-state index is 12.5. The van der Waals surface area contributed by atoms with Crippen LogP contribution in [0.4, 0.5) is 17.2 Å². The molecular weight excluding hydrogens is 376 g/mol. The fourth-order valence-electron chi connectivity index (χ4n) is 3.75. The van der Waals surface area contributed by atoms with Crippen LogP contribution in [0, 0.1) is 0 Å². The van der Waals surface area contributed by atoms with Crippen LogP contribution in [0.25, 0.3) is 10.9 Å². The number of nitrogens with zero attached hydrogens (tertiary/aromatic N) is 3. The second kappa shape index (κ2) is 7.48. The second-order valence-corrected chi connectivity index (χ2v) is 7.17. The third-order valence-corrected chi connectivity index (χ3v) is 5.32. The predicted molar refractivity (Wildman–Crippen MR) is 118 cm³/mol. The Morgan fingerprint density at radius 3 is 2.60 bits per heavy atom. The maximum Gasteiger partial charge on any atom is 0.255 e. The molecule has 1 N–H and O–H groups in total. The molecule has 0 fully saturated rings. The topological polar surface area (TPSA) is 67.3 Å². The average Bonchev–Trinajstić information content (AvgIpc) is 3.20. The summed E-state index contributed by atoms with van der Waals surface area (Å²) in [7, 11) is 1.66. The van der Waals surface area contributed by atoms with Crippen LogP contribution >= 0.6 is 0 Å². The predicted octanol–water partition coefficient (Wildman–Crippen LogP) is 4.58. The van der Waals surface area contributed by atoms with E-state index in [1.54, 1.807) is 31.6 Å². The SMILES string of the molecule is COc1ccc2cc3c(nc2c1)N(c1ccc(C(=O)Nc2ccncc2)cc1)CC3. The smallest absolute Gasteiger partial charge is 0.255 e. The molecule has 1 aliphatic heterocycles. The molecule has 1 aliphatic rings. The first-order chi connectivity index (χ1) is 14.7. The van der Waals surface area contributed by atoms with Crippen LogP contribution in [0.15, 0.2) is 73.1 Å². The van der Waals surface area contributed by atoms with E-state index in [4.69, 9.17) is 9.72 Å². The van der Waals surface area contributed by atoms with Gasteiger partial charge >= 0.3 is 0 Å². The number of nitrogens with one attached hydrogen (secondary N) is 1. The summed E-state index contributed by atoms with van der Waals surface area (Å²) in [6.07, 6.45) is 4.24. The normalized spacial score (nSPS) is 12.6. The van der Waals surface area contributed by atoms with Crippen LogP contribution in [0.3, 0.4) is 0 Å². The van der Waals surface area contributed by atoms with Gasteiger partial charge in [-0.25, -0.2) is 4.98 Å². The number of carbonyl (C=O) groups is 1. The van der Waals surface area contributed by atoms with Gasteiger partial charge in [-0.3, -0.25) is 9.78 Å². The van der Waals surface area contributed by atoms with Crippen LogP contribution in [0.1, 0.15) is 15.9 Å². The molecule has 0 aliphatic carbocycles. The highest BCUT2D eigenvalue weighted by Crippen LogP contribution is 2.35. The summed E-state index contributed by atoms with van der Waals surface area (Å²) < 4.78 is 5.34. The molecule has 2 aromatic carbocycles. The van der Waals surface area contributed by atoms with Gasteiger partial charge in [0.25, 0.3) is 5.91 Å². The number of ether oxygens (including phenoxy) is 1. The van der Waals surface area contributed by atoms with Crippen LogP contribution in [-0.2, 0) is 6.42 Å². The monoisotopic (exact) mass is 396 g/mol. The van der Waals surface area contributed by atoms with E-state index < -0.39 is 0 Å². The number of hydrogen-bond donors (Lipinski definition) is 1. The number of aromatic nitrogens is 2. The van der Waals surface area contributed by atoms with Crippen molar-refractivity contribution in [2.75, 3.05) is 23.9 Å². The van der Waals surface area contributed by atoms with Gasteiger partial charge in [0.1, 0.15) is 11.6 Å². The van der Waals surface area contributed by atoms with Gasteiger partial charge in [-0.05, 0) is 66.6 Å². The van der Waals surface area contributed by atoms with E-state index in [0.29, 0.717) is 5.56 Å². The third kappa shape index (κ3) is 3.33. The molecule has 0 saturated carbocycles. The summed E-state index contributed by atoms with van der Waals surface area (Å²) in [5.41, 5.74) is 4.48. The van der Waals surface area contributed by atoms with Crippen molar-refractivity contribution in [1.82, 2.24) is 9.97 Å². The molecule has 148 valence electrons. The Morgan fingerprint density at radius 2 is 1.83 bits per heavy atom. The van der Waals surface area contributed by atoms with Gasteiger partial charge in [-0.15, -0.1) is 0 Å². The molecule has 6 heteroatoms. The molecule has 5 rings (SSSR count). The van der Waals surface area contributed by atoms with Crippen LogP contribution in [0.5, 0.6) is 5.75 Å². The molecular formula is C24H20N4O2. The molecule has 0 atom stereocenters. The first kappa shape index (κ1) is 18.1. The van der Waals surface area contributed by atoms with Gasteiger partial charge in [-0.1, -0.05) is 0 Å². The zero-order valence-corrected chi connectivity index (χ0v) is 16.5. The average molecular weight is 396 g/mol. The van der Waals surface area contributed by atoms with Crippen LogP contribution in [-0.4, -0.2) is 29.5 Å². The van der Waals surface area contributed by atoms with E-state index in [9.17, 15) is 4.79 Å². The molecule has 0 radical (unpaired) electrons. The van der Waals surface area contributed by atoms with Crippen LogP contribution < -0.4 is 15.0 Å². The number of anilines is 3. The van der Waals surface area contributed by atoms with Crippen molar-refractivity contribution in [3.8, 4) is 5.75 Å². The first-order valence-corrected chi connectivity index (χ1v) is 9.78. The molecule has 1 amide bonds. The van der Waals surface area contributed by atoms with Crippen molar-refractivity contribution in [2.45, 2.75) is 6.42 Å². The lowest BCUT2D eigenvalue weighted by molar-refractivity contribution is 0.102. The van der Waals surface area contributed by atoms with Gasteiger partial charge in [0.15, 0.2) is 0 Å². The lowest BCUT2D eigenvalue weighted by Crippen LogP contribution is -2.15. The second-order valence-electron chi connectivity index (χ2n) is 7.17. The zero-order chi connectivity index (χ0) is 20.5. The molecule has 0 unspecified atom stereocenters. The molecule has 2 aromatic heterocycles. The highest BCUT2D eigenvalue weighted by molar-refractivity contribution is 6.04. The Bertz CT molecular complexity index is 1220. The van der Waals surface area contributed by atoms with E-state index in [0.717, 1.165) is 46.8 Å². The summed E-state index contributed by atoms with van der Waals surface area (Å²) >= 11 is 0. The molecule has 4 aromatic rings. The molecule has 3 heterocycles. The number of carbonyl (C=O) groups excluding carboxylic acids is 1. The van der Waals surface area contributed by atoms with E-state index in [-0.39, 0.29) is 5.91 Å². The number of rotatable bonds is 4. The third-order valence-electron chi connectivity index (χ3n) is 5.32. The van der Waals surface area contributed by atoms with Gasteiger partial charge in [0, 0.05) is 47.3 Å². The lowest BCUT2D eigenvalue weighted by atomic mass is 10.1. The fraction of sp³-hybridized carbons (Fsp3) is 0.125. The van der Waals surface area contributed by atoms with Crippen LogP contribution in [0.2, 0.25) is 0 Å². The summed E-state index contributed by atoms with van der Waals surface area (Å²) in [5.74, 6) is 1.61. The van der Waals surface area contributed by atoms with E-state index in [1.165, 1.54) is 5.56 Å². The molecule has 0 spiro atoms. The zero-order valence-electron chi connectivity index (χ0n) is 16.5. The number of fused-ring (bicyclic) bond motifs is 2. The van der Waals surface area contributed by atoms with E-state index in [2.05, 4.69) is 21.3 Å². The van der Waals surface area contributed by atoms with Gasteiger partial charge < -0.3 is 15.0 Å². The molecule has 30 heavy (non-hydrogen) atoms. The van der Waals surface area contributed by atoms with Crippen molar-refractivity contribution in [2.24, 2.45) is 0 Å². The highest BCUT2D eigenvalue weighted by atomic mass is 16.5. The Morgan fingerprint density at radius 1 is 1.03 bits per heavy atom. The largest absolute Gasteiger partial charge is 0.497 e.